The van der Waals surface area contributed by atoms with E-state index in [1.807, 2.05) is 38.4 Å². The molecule has 0 atom stereocenters. The predicted octanol–water partition coefficient (Wildman–Crippen LogP) is 5.90. The molecule has 0 aromatic heterocycles. The summed E-state index contributed by atoms with van der Waals surface area (Å²) >= 11 is 0. The molecule has 3 aromatic carbocycles. The Morgan fingerprint density at radius 2 is 1.30 bits per heavy atom. The van der Waals surface area contributed by atoms with Crippen molar-refractivity contribution in [3.63, 3.8) is 0 Å². The number of aromatic hydroxyl groups is 1. The molecule has 0 saturated heterocycles. The maximum Gasteiger partial charge on any atom is 0.466 e. The van der Waals surface area contributed by atoms with Gasteiger partial charge in [0.05, 0.1) is 0 Å². The zero-order valence-electron chi connectivity index (χ0n) is 22.1. The molecule has 0 fully saturated rings. The van der Waals surface area contributed by atoms with Gasteiger partial charge in [-0.15, -0.1) is 0 Å². The number of likely N-dealkylation sites (N-methyl/N-ethyl adjacent to an activating group) is 1. The number of nitrogens with zero attached hydrogens (tertiary/aromatic N) is 1. The number of phosphoric acid groups is 1. The van der Waals surface area contributed by atoms with Gasteiger partial charge >= 0.3 is 7.82 Å². The molecule has 0 amide bonds. The predicted molar refractivity (Wildman–Crippen MR) is 150 cm³/mol. The number of phenolic OH excluding ortho intramolecular Hbond substituents is 1. The van der Waals surface area contributed by atoms with Crippen LogP contribution in [0.25, 0.3) is 11.1 Å². The average molecular weight is 528 g/mol. The number of rotatable bonds is 9. The number of hydrogen-bond acceptors (Lipinski definition) is 4. The first-order valence-electron chi connectivity index (χ1n) is 12.2. The van der Waals surface area contributed by atoms with Gasteiger partial charge in [-0.2, -0.15) is 0 Å². The van der Waals surface area contributed by atoms with Crippen molar-refractivity contribution < 1.29 is 29.1 Å². The molecule has 3 aromatic rings. The molecule has 0 aliphatic heterocycles. The lowest BCUT2D eigenvalue weighted by atomic mass is 9.87. The van der Waals surface area contributed by atoms with Crippen molar-refractivity contribution in [3.05, 3.63) is 95.1 Å². The van der Waals surface area contributed by atoms with Gasteiger partial charge < -0.3 is 29.4 Å². The molecule has 0 saturated carbocycles. The summed E-state index contributed by atoms with van der Waals surface area (Å²) in [6.07, 6.45) is 0.901. The monoisotopic (exact) mass is 527 g/mol. The highest BCUT2D eigenvalue weighted by Gasteiger charge is 2.14. The molecule has 200 valence electrons. The minimum Gasteiger partial charge on any atom is -0.508 e. The minimum atomic E-state index is -4.64. The van der Waals surface area contributed by atoms with E-state index in [0.29, 0.717) is 12.5 Å². The number of phenols is 1. The van der Waals surface area contributed by atoms with Gasteiger partial charge in [0.15, 0.2) is 0 Å². The largest absolute Gasteiger partial charge is 0.508 e. The van der Waals surface area contributed by atoms with E-state index in [2.05, 4.69) is 62.1 Å². The summed E-state index contributed by atoms with van der Waals surface area (Å²) in [7, 11) is -0.553. The van der Waals surface area contributed by atoms with Crippen LogP contribution in [0.1, 0.15) is 55.4 Å². The van der Waals surface area contributed by atoms with Crippen LogP contribution in [-0.2, 0) is 4.57 Å². The molecule has 4 N–H and O–H groups in total. The van der Waals surface area contributed by atoms with Crippen molar-refractivity contribution in [1.82, 2.24) is 4.90 Å². The topological polar surface area (TPSA) is 110 Å². The Kier molecular flexibility index (Phi) is 11.6. The highest BCUT2D eigenvalue weighted by atomic mass is 31.2. The molecule has 37 heavy (non-hydrogen) atoms. The van der Waals surface area contributed by atoms with Gasteiger partial charge in [-0.25, -0.2) is 4.57 Å². The van der Waals surface area contributed by atoms with Crippen LogP contribution in [0.2, 0.25) is 0 Å². The maximum absolute atomic E-state index is 9.83. The summed E-state index contributed by atoms with van der Waals surface area (Å²) in [6, 6.07) is 24.7. The number of benzene rings is 3. The Labute approximate surface area is 219 Å². The fourth-order valence-corrected chi connectivity index (χ4v) is 3.80. The molecule has 0 radical (unpaired) electrons. The Morgan fingerprint density at radius 3 is 1.73 bits per heavy atom. The number of hydrogen-bond donors (Lipinski definition) is 4. The van der Waals surface area contributed by atoms with Crippen molar-refractivity contribution in [2.24, 2.45) is 0 Å². The third-order valence-electron chi connectivity index (χ3n) is 5.69. The number of ether oxygens (including phenoxy) is 1. The highest BCUT2D eigenvalue weighted by molar-refractivity contribution is 7.45. The Balaban J connectivity index is 0.000000877. The molecule has 0 unspecified atom stereocenters. The van der Waals surface area contributed by atoms with Crippen LogP contribution in [0.5, 0.6) is 11.5 Å². The second-order valence-corrected chi connectivity index (χ2v) is 10.2. The normalized spacial score (nSPS) is 12.2. The van der Waals surface area contributed by atoms with E-state index in [4.69, 9.17) is 24.0 Å². The van der Waals surface area contributed by atoms with E-state index in [1.165, 1.54) is 22.3 Å². The lowest BCUT2D eigenvalue weighted by molar-refractivity contribution is 0.261. The van der Waals surface area contributed by atoms with Crippen LogP contribution in [0.3, 0.4) is 0 Å². The summed E-state index contributed by atoms with van der Waals surface area (Å²) in [5, 5.41) is 9.83. The molecular formula is C29H38NO6P. The van der Waals surface area contributed by atoms with E-state index in [0.717, 1.165) is 29.8 Å². The first-order valence-corrected chi connectivity index (χ1v) is 13.7. The fraction of sp³-hybridized carbons (Fsp3) is 0.310. The van der Waals surface area contributed by atoms with Crippen molar-refractivity contribution >= 4 is 19.0 Å². The van der Waals surface area contributed by atoms with Crippen LogP contribution in [0, 0.1) is 0 Å². The van der Waals surface area contributed by atoms with Crippen LogP contribution < -0.4 is 4.74 Å². The molecule has 0 spiro atoms. The first-order chi connectivity index (χ1) is 17.4. The maximum atomic E-state index is 9.83. The van der Waals surface area contributed by atoms with Gasteiger partial charge in [0, 0.05) is 6.54 Å². The molecule has 7 nitrogen and oxygen atoms in total. The molecule has 0 heterocycles. The zero-order chi connectivity index (χ0) is 27.6. The van der Waals surface area contributed by atoms with E-state index >= 15 is 0 Å². The molecular weight excluding hydrogens is 489 g/mol. The van der Waals surface area contributed by atoms with E-state index in [9.17, 15) is 5.11 Å². The average Bonchev–Trinajstić information content (AvgIpc) is 2.83. The van der Waals surface area contributed by atoms with E-state index in [-0.39, 0.29) is 5.75 Å². The summed E-state index contributed by atoms with van der Waals surface area (Å²) in [5.74, 6) is 1.66. The highest BCUT2D eigenvalue weighted by Crippen LogP contribution is 2.36. The fourth-order valence-electron chi connectivity index (χ4n) is 3.80. The summed E-state index contributed by atoms with van der Waals surface area (Å²) < 4.78 is 14.8. The quantitative estimate of drug-likeness (QED) is 0.203. The number of allylic oxidation sites excluding steroid dienone is 1. The van der Waals surface area contributed by atoms with Crippen LogP contribution in [0.15, 0.2) is 72.8 Å². The second kappa shape index (κ2) is 14.1. The Bertz CT molecular complexity index is 1170. The lowest BCUT2D eigenvalue weighted by Crippen LogP contribution is -2.19. The van der Waals surface area contributed by atoms with Crippen molar-refractivity contribution in [2.45, 2.75) is 33.1 Å². The van der Waals surface area contributed by atoms with Crippen LogP contribution in [0.4, 0.5) is 0 Å². The van der Waals surface area contributed by atoms with Crippen LogP contribution in [-0.4, -0.2) is 51.9 Å². The minimum absolute atomic E-state index is 0.275. The Hall–Kier alpha value is -2.93. The zero-order valence-corrected chi connectivity index (χ0v) is 23.0. The van der Waals surface area contributed by atoms with Gasteiger partial charge in [-0.3, -0.25) is 0 Å². The molecule has 3 rings (SSSR count). The summed E-state index contributed by atoms with van der Waals surface area (Å²) in [6.45, 7) is 8.18. The third-order valence-corrected chi connectivity index (χ3v) is 5.69. The lowest BCUT2D eigenvalue weighted by Gasteiger charge is -2.18. The van der Waals surface area contributed by atoms with Gasteiger partial charge in [0.25, 0.3) is 0 Å². The SMILES string of the molecule is CCC(=C(c1ccc(O)cc1)c1ccc(OCCN(C)C)cc1)c1ccc(C(C)C)cc1.O=P(O)(O)O. The van der Waals surface area contributed by atoms with Crippen LogP contribution >= 0.6 is 7.82 Å². The van der Waals surface area contributed by atoms with Crippen molar-refractivity contribution in [2.75, 3.05) is 27.2 Å². The van der Waals surface area contributed by atoms with Gasteiger partial charge in [0.1, 0.15) is 18.1 Å². The Morgan fingerprint density at radius 1 is 0.838 bits per heavy atom. The molecule has 0 aliphatic rings. The molecule has 8 heteroatoms. The van der Waals surface area contributed by atoms with E-state index in [1.54, 1.807) is 12.1 Å². The smallest absolute Gasteiger partial charge is 0.466 e. The molecule has 0 aliphatic carbocycles. The second-order valence-electron chi connectivity index (χ2n) is 9.22. The first kappa shape index (κ1) is 30.3. The van der Waals surface area contributed by atoms with Gasteiger partial charge in [-0.1, -0.05) is 69.3 Å². The third kappa shape index (κ3) is 10.5. The van der Waals surface area contributed by atoms with Gasteiger partial charge in [0.2, 0.25) is 0 Å². The van der Waals surface area contributed by atoms with E-state index < -0.39 is 7.82 Å². The standard InChI is InChI=1S/C29H35NO2.H3O4P/c1-6-28(23-9-7-22(8-10-23)21(2)3)29(24-11-15-26(31)16-12-24)25-13-17-27(18-14-25)32-20-19-30(4)5;1-5(2,3)4/h7-18,21,31H,6,19-20H2,1-5H3;(H3,1,2,3,4). The molecule has 0 bridgehead atoms. The van der Waals surface area contributed by atoms with Crippen molar-refractivity contribution in [3.8, 4) is 11.5 Å². The summed E-state index contributed by atoms with van der Waals surface area (Å²) in [5.41, 5.74) is 7.27. The summed E-state index contributed by atoms with van der Waals surface area (Å²) in [4.78, 5) is 23.7. The van der Waals surface area contributed by atoms with Gasteiger partial charge in [-0.05, 0) is 84.1 Å². The van der Waals surface area contributed by atoms with Crippen molar-refractivity contribution in [1.29, 1.82) is 0 Å².